The summed E-state index contributed by atoms with van der Waals surface area (Å²) >= 11 is 5.94. The van der Waals surface area contributed by atoms with E-state index < -0.39 is 11.2 Å². The summed E-state index contributed by atoms with van der Waals surface area (Å²) in [5, 5.41) is 4.41. The first-order valence-corrected chi connectivity index (χ1v) is 8.87. The molecule has 0 aliphatic carbocycles. The van der Waals surface area contributed by atoms with Gasteiger partial charge in [-0.2, -0.15) is 4.98 Å². The summed E-state index contributed by atoms with van der Waals surface area (Å²) < 4.78 is 24.5. The van der Waals surface area contributed by atoms with Crippen LogP contribution in [0.5, 0.6) is 0 Å². The molecular weight excluding hydrogens is 361 g/mol. The Balaban J connectivity index is 1.90. The van der Waals surface area contributed by atoms with E-state index in [0.717, 1.165) is 12.8 Å². The summed E-state index contributed by atoms with van der Waals surface area (Å²) in [4.78, 5) is 18.9. The van der Waals surface area contributed by atoms with E-state index in [-0.39, 0.29) is 11.5 Å². The van der Waals surface area contributed by atoms with Crippen LogP contribution in [0, 0.1) is 12.7 Å². The van der Waals surface area contributed by atoms with E-state index in [1.165, 1.54) is 18.2 Å². The number of methoxy groups -OCH3 is 1. The molecule has 1 aliphatic heterocycles. The van der Waals surface area contributed by atoms with Crippen LogP contribution < -0.4 is 0 Å². The maximum Gasteiger partial charge on any atom is 0.256 e. The number of aryl methyl sites for hydroxylation is 1. The van der Waals surface area contributed by atoms with E-state index in [4.69, 9.17) is 20.9 Å². The summed E-state index contributed by atoms with van der Waals surface area (Å²) in [7, 11) is 1.63. The van der Waals surface area contributed by atoms with Gasteiger partial charge in [0.1, 0.15) is 5.82 Å². The maximum atomic E-state index is 14.1. The topological polar surface area (TPSA) is 68.5 Å². The molecule has 1 aromatic heterocycles. The quantitative estimate of drug-likeness (QED) is 0.794. The van der Waals surface area contributed by atoms with E-state index in [9.17, 15) is 9.18 Å². The molecule has 0 saturated carbocycles. The van der Waals surface area contributed by atoms with Gasteiger partial charge in [0.25, 0.3) is 5.91 Å². The molecule has 3 rings (SSSR count). The number of ether oxygens (including phenoxy) is 1. The number of halogens is 2. The van der Waals surface area contributed by atoms with E-state index >= 15 is 0 Å². The Morgan fingerprint density at radius 2 is 2.31 bits per heavy atom. The summed E-state index contributed by atoms with van der Waals surface area (Å²) in [6, 6.07) is 4.00. The van der Waals surface area contributed by atoms with Crippen molar-refractivity contribution in [3.05, 3.63) is 46.3 Å². The van der Waals surface area contributed by atoms with Crippen LogP contribution in [0.25, 0.3) is 0 Å². The normalized spacial score (nSPS) is 20.4. The fraction of sp³-hybridized carbons (Fsp3) is 0.500. The summed E-state index contributed by atoms with van der Waals surface area (Å²) in [6.07, 6.45) is 2.20. The second-order valence-electron chi connectivity index (χ2n) is 6.61. The number of hydrogen-bond acceptors (Lipinski definition) is 5. The Morgan fingerprint density at radius 1 is 1.50 bits per heavy atom. The van der Waals surface area contributed by atoms with Gasteiger partial charge in [0.2, 0.25) is 5.89 Å². The van der Waals surface area contributed by atoms with Crippen molar-refractivity contribution in [2.75, 3.05) is 26.8 Å². The lowest BCUT2D eigenvalue weighted by molar-refractivity contribution is 0.0562. The van der Waals surface area contributed by atoms with Crippen molar-refractivity contribution in [1.82, 2.24) is 15.0 Å². The highest BCUT2D eigenvalue weighted by atomic mass is 35.5. The van der Waals surface area contributed by atoms with Crippen molar-refractivity contribution in [2.24, 2.45) is 0 Å². The lowest BCUT2D eigenvalue weighted by Crippen LogP contribution is -2.49. The smallest absolute Gasteiger partial charge is 0.256 e. The molecule has 0 bridgehead atoms. The van der Waals surface area contributed by atoms with Gasteiger partial charge in [0.15, 0.2) is 5.82 Å². The SMILES string of the molecule is COCCC1(c2noc(C)n2)CCCN(C(=O)c2cc(Cl)ccc2F)C1. The van der Waals surface area contributed by atoms with E-state index in [1.54, 1.807) is 18.9 Å². The van der Waals surface area contributed by atoms with Crippen LogP contribution in [0.2, 0.25) is 5.02 Å². The summed E-state index contributed by atoms with van der Waals surface area (Å²) in [6.45, 7) is 3.14. The highest BCUT2D eigenvalue weighted by Crippen LogP contribution is 2.36. The highest BCUT2D eigenvalue weighted by Gasteiger charge is 2.42. The minimum atomic E-state index is -0.581. The first kappa shape index (κ1) is 18.8. The zero-order valence-electron chi connectivity index (χ0n) is 14.8. The minimum absolute atomic E-state index is 0.0238. The van der Waals surface area contributed by atoms with Crippen LogP contribution in [0.4, 0.5) is 4.39 Å². The molecule has 0 radical (unpaired) electrons. The summed E-state index contributed by atoms with van der Waals surface area (Å²) in [5.41, 5.74) is -0.499. The van der Waals surface area contributed by atoms with E-state index in [2.05, 4.69) is 10.1 Å². The first-order valence-electron chi connectivity index (χ1n) is 8.49. The zero-order chi connectivity index (χ0) is 18.7. The van der Waals surface area contributed by atoms with Crippen LogP contribution in [0.1, 0.15) is 41.3 Å². The summed E-state index contributed by atoms with van der Waals surface area (Å²) in [5.74, 6) is 0.0758. The third kappa shape index (κ3) is 3.73. The number of piperidine rings is 1. The number of hydrogen-bond donors (Lipinski definition) is 0. The van der Waals surface area contributed by atoms with Gasteiger partial charge in [-0.05, 0) is 37.5 Å². The Morgan fingerprint density at radius 3 is 3.00 bits per heavy atom. The van der Waals surface area contributed by atoms with Crippen LogP contribution >= 0.6 is 11.6 Å². The van der Waals surface area contributed by atoms with Crippen molar-refractivity contribution in [3.8, 4) is 0 Å². The number of aromatic nitrogens is 2. The van der Waals surface area contributed by atoms with Crippen LogP contribution in [0.3, 0.4) is 0 Å². The number of benzene rings is 1. The fourth-order valence-corrected chi connectivity index (χ4v) is 3.62. The Labute approximate surface area is 156 Å². The molecule has 1 atom stereocenters. The van der Waals surface area contributed by atoms with E-state index in [0.29, 0.717) is 42.9 Å². The molecule has 1 unspecified atom stereocenters. The van der Waals surface area contributed by atoms with Gasteiger partial charge in [-0.25, -0.2) is 4.39 Å². The second kappa shape index (κ2) is 7.72. The van der Waals surface area contributed by atoms with Gasteiger partial charge >= 0.3 is 0 Å². The van der Waals surface area contributed by atoms with Gasteiger partial charge < -0.3 is 14.2 Å². The van der Waals surface area contributed by atoms with Crippen molar-refractivity contribution in [1.29, 1.82) is 0 Å². The van der Waals surface area contributed by atoms with Gasteiger partial charge in [-0.15, -0.1) is 0 Å². The minimum Gasteiger partial charge on any atom is -0.385 e. The highest BCUT2D eigenvalue weighted by molar-refractivity contribution is 6.31. The van der Waals surface area contributed by atoms with Gasteiger partial charge in [0.05, 0.1) is 11.0 Å². The monoisotopic (exact) mass is 381 g/mol. The number of amides is 1. The van der Waals surface area contributed by atoms with E-state index in [1.807, 2.05) is 0 Å². The molecule has 1 amide bonds. The van der Waals surface area contributed by atoms with Crippen LogP contribution in [0.15, 0.2) is 22.7 Å². The van der Waals surface area contributed by atoms with Crippen molar-refractivity contribution in [3.63, 3.8) is 0 Å². The maximum absolute atomic E-state index is 14.1. The van der Waals surface area contributed by atoms with Crippen molar-refractivity contribution in [2.45, 2.75) is 31.6 Å². The predicted octanol–water partition coefficient (Wildman–Crippen LogP) is 3.38. The van der Waals surface area contributed by atoms with Crippen molar-refractivity contribution < 1.29 is 18.4 Å². The average molecular weight is 382 g/mol. The predicted molar refractivity (Wildman–Crippen MR) is 93.8 cm³/mol. The molecule has 2 aromatic rings. The second-order valence-corrected chi connectivity index (χ2v) is 7.05. The van der Waals surface area contributed by atoms with Gasteiger partial charge in [0, 0.05) is 38.8 Å². The largest absolute Gasteiger partial charge is 0.385 e. The first-order chi connectivity index (χ1) is 12.4. The molecule has 140 valence electrons. The number of rotatable bonds is 5. The molecule has 26 heavy (non-hydrogen) atoms. The molecule has 0 spiro atoms. The third-order valence-electron chi connectivity index (χ3n) is 4.81. The van der Waals surface area contributed by atoms with Crippen molar-refractivity contribution >= 4 is 17.5 Å². The number of likely N-dealkylation sites (tertiary alicyclic amines) is 1. The molecule has 2 heterocycles. The molecule has 0 N–H and O–H groups in total. The lowest BCUT2D eigenvalue weighted by Gasteiger charge is -2.41. The average Bonchev–Trinajstić information content (AvgIpc) is 3.09. The molecule has 8 heteroatoms. The number of carbonyl (C=O) groups is 1. The van der Waals surface area contributed by atoms with Gasteiger partial charge in [-0.1, -0.05) is 16.8 Å². The zero-order valence-corrected chi connectivity index (χ0v) is 15.6. The standard InChI is InChI=1S/C18H21ClFN3O3/c1-12-21-17(22-26-12)18(7-9-25-2)6-3-8-23(11-18)16(24)14-10-13(19)4-5-15(14)20/h4-5,10H,3,6-9,11H2,1-2H3. The Bertz CT molecular complexity index is 798. The molecule has 1 aliphatic rings. The van der Waals surface area contributed by atoms with Crippen LogP contribution in [-0.2, 0) is 10.2 Å². The number of nitrogens with zero attached hydrogens (tertiary/aromatic N) is 3. The molecule has 6 nitrogen and oxygen atoms in total. The van der Waals surface area contributed by atoms with Gasteiger partial charge in [-0.3, -0.25) is 4.79 Å². The number of carbonyl (C=O) groups excluding carboxylic acids is 1. The lowest BCUT2D eigenvalue weighted by atomic mass is 9.76. The molecule has 1 saturated heterocycles. The molecular formula is C18H21ClFN3O3. The third-order valence-corrected chi connectivity index (χ3v) is 5.04. The Kier molecular flexibility index (Phi) is 5.58. The molecule has 1 aromatic carbocycles. The Hall–Kier alpha value is -1.99. The van der Waals surface area contributed by atoms with Crippen LogP contribution in [-0.4, -0.2) is 47.8 Å². The molecule has 1 fully saturated rings. The fourth-order valence-electron chi connectivity index (χ4n) is 3.45.